The molecule has 0 aliphatic rings. The van der Waals surface area contributed by atoms with Gasteiger partial charge in [0, 0.05) is 25.2 Å². The normalized spacial score (nSPS) is 10.7. The van der Waals surface area contributed by atoms with Gasteiger partial charge in [-0.2, -0.15) is 5.26 Å². The molecule has 0 heterocycles. The third-order valence-electron chi connectivity index (χ3n) is 1.09. The van der Waals surface area contributed by atoms with E-state index in [0.717, 1.165) is 6.08 Å². The zero-order valence-corrected chi connectivity index (χ0v) is 6.20. The van der Waals surface area contributed by atoms with Crippen LogP contribution < -0.4 is 0 Å². The molecule has 0 aromatic rings. The lowest BCUT2D eigenvalue weighted by molar-refractivity contribution is -0.132. The summed E-state index contributed by atoms with van der Waals surface area (Å²) >= 11 is 0. The fraction of sp³-hybridized carbons (Fsp3) is 0.429. The predicted octanol–water partition coefficient (Wildman–Crippen LogP) is 0.557. The Balaban J connectivity index is 4.04. The van der Waals surface area contributed by atoms with Gasteiger partial charge in [0.2, 0.25) is 0 Å². The second kappa shape index (κ2) is 5.45. The van der Waals surface area contributed by atoms with Crippen molar-refractivity contribution in [1.82, 2.24) is 0 Å². The molecule has 1 N–H and O–H groups in total. The molecule has 0 bridgehead atoms. The van der Waals surface area contributed by atoms with E-state index in [1.807, 2.05) is 0 Å². The zero-order chi connectivity index (χ0) is 8.69. The third-order valence-corrected chi connectivity index (χ3v) is 1.09. The molecule has 0 aromatic heterocycles. The van der Waals surface area contributed by atoms with Gasteiger partial charge in [-0.1, -0.05) is 0 Å². The highest BCUT2D eigenvalue weighted by atomic mass is 16.5. The van der Waals surface area contributed by atoms with Crippen LogP contribution in [0.2, 0.25) is 0 Å². The number of methoxy groups -OCH3 is 1. The summed E-state index contributed by atoms with van der Waals surface area (Å²) in [6.07, 6.45) is 1.28. The lowest BCUT2D eigenvalue weighted by Crippen LogP contribution is -2.03. The molecule has 0 saturated heterocycles. The first-order valence-corrected chi connectivity index (χ1v) is 3.03. The molecule has 0 radical (unpaired) electrons. The smallest absolute Gasteiger partial charge is 0.332 e. The number of rotatable bonds is 4. The van der Waals surface area contributed by atoms with E-state index in [1.54, 1.807) is 6.07 Å². The molecule has 0 unspecified atom stereocenters. The van der Waals surface area contributed by atoms with Crippen molar-refractivity contribution in [3.63, 3.8) is 0 Å². The molecule has 0 fully saturated rings. The molecule has 60 valence electrons. The molecular formula is C7H9NO3. The number of allylic oxidation sites excluding steroid dienone is 1. The van der Waals surface area contributed by atoms with Gasteiger partial charge in [0.25, 0.3) is 0 Å². The second-order valence-corrected chi connectivity index (χ2v) is 1.85. The van der Waals surface area contributed by atoms with Crippen LogP contribution in [0, 0.1) is 11.3 Å². The number of carbonyl (C=O) groups is 1. The molecule has 0 saturated carbocycles. The van der Waals surface area contributed by atoms with Gasteiger partial charge in [0.15, 0.2) is 0 Å². The standard InChI is InChI=1S/C7H9NO3/c1-11-5-3-6(2-4-8)7(9)10/h2H,3,5H2,1H3,(H,9,10). The van der Waals surface area contributed by atoms with Crippen LogP contribution in [-0.2, 0) is 9.53 Å². The van der Waals surface area contributed by atoms with Crippen molar-refractivity contribution in [3.05, 3.63) is 11.6 Å². The number of carboxylic acids is 1. The van der Waals surface area contributed by atoms with E-state index in [1.165, 1.54) is 7.11 Å². The molecule has 0 aliphatic carbocycles. The van der Waals surface area contributed by atoms with Gasteiger partial charge >= 0.3 is 5.97 Å². The van der Waals surface area contributed by atoms with Crippen LogP contribution in [0.3, 0.4) is 0 Å². The largest absolute Gasteiger partial charge is 0.478 e. The Hall–Kier alpha value is -1.34. The number of nitrogens with zero attached hydrogens (tertiary/aromatic N) is 1. The van der Waals surface area contributed by atoms with E-state index < -0.39 is 5.97 Å². The Morgan fingerprint density at radius 1 is 1.82 bits per heavy atom. The molecule has 4 heteroatoms. The number of nitriles is 1. The van der Waals surface area contributed by atoms with Gasteiger partial charge < -0.3 is 9.84 Å². The first-order valence-electron chi connectivity index (χ1n) is 3.03. The first-order chi connectivity index (χ1) is 5.22. The van der Waals surface area contributed by atoms with Gasteiger partial charge in [-0.3, -0.25) is 0 Å². The Morgan fingerprint density at radius 2 is 2.45 bits per heavy atom. The summed E-state index contributed by atoms with van der Waals surface area (Å²) in [5.41, 5.74) is 0.0781. The van der Waals surface area contributed by atoms with Crippen LogP contribution in [0.25, 0.3) is 0 Å². The molecule has 0 aromatic carbocycles. The van der Waals surface area contributed by atoms with Crippen LogP contribution in [-0.4, -0.2) is 24.8 Å². The lowest BCUT2D eigenvalue weighted by Gasteiger charge is -1.97. The zero-order valence-electron chi connectivity index (χ0n) is 6.20. The minimum atomic E-state index is -1.07. The number of ether oxygens (including phenoxy) is 1. The molecule has 11 heavy (non-hydrogen) atoms. The summed E-state index contributed by atoms with van der Waals surface area (Å²) in [5.74, 6) is -1.07. The van der Waals surface area contributed by atoms with Crippen LogP contribution in [0.15, 0.2) is 11.6 Å². The van der Waals surface area contributed by atoms with E-state index in [-0.39, 0.29) is 12.0 Å². The average Bonchev–Trinajstić information content (AvgIpc) is 1.97. The fourth-order valence-corrected chi connectivity index (χ4v) is 0.531. The highest BCUT2D eigenvalue weighted by molar-refractivity contribution is 5.87. The fourth-order valence-electron chi connectivity index (χ4n) is 0.531. The number of aliphatic carboxylic acids is 1. The monoisotopic (exact) mass is 155 g/mol. The van der Waals surface area contributed by atoms with Gasteiger partial charge in [0.05, 0.1) is 12.7 Å². The van der Waals surface area contributed by atoms with Crippen molar-refractivity contribution in [1.29, 1.82) is 5.26 Å². The highest BCUT2D eigenvalue weighted by Gasteiger charge is 2.05. The van der Waals surface area contributed by atoms with E-state index >= 15 is 0 Å². The van der Waals surface area contributed by atoms with Crippen molar-refractivity contribution in [3.8, 4) is 6.07 Å². The maximum absolute atomic E-state index is 10.3. The van der Waals surface area contributed by atoms with Crippen molar-refractivity contribution < 1.29 is 14.6 Å². The predicted molar refractivity (Wildman–Crippen MR) is 37.8 cm³/mol. The molecule has 4 nitrogen and oxygen atoms in total. The highest BCUT2D eigenvalue weighted by Crippen LogP contribution is 2.00. The SMILES string of the molecule is COCCC(=CC#N)C(=O)O. The first kappa shape index (κ1) is 9.66. The molecule has 0 spiro atoms. The maximum atomic E-state index is 10.3. The minimum absolute atomic E-state index is 0.0781. The number of carboxylic acid groups (broad SMARTS) is 1. The van der Waals surface area contributed by atoms with Crippen molar-refractivity contribution in [2.45, 2.75) is 6.42 Å². The topological polar surface area (TPSA) is 70.3 Å². The van der Waals surface area contributed by atoms with Crippen molar-refractivity contribution in [2.75, 3.05) is 13.7 Å². The maximum Gasteiger partial charge on any atom is 0.332 e. The summed E-state index contributed by atoms with van der Waals surface area (Å²) in [7, 11) is 1.48. The molecular weight excluding hydrogens is 146 g/mol. The van der Waals surface area contributed by atoms with Crippen LogP contribution in [0.1, 0.15) is 6.42 Å². The Kier molecular flexibility index (Phi) is 4.78. The van der Waals surface area contributed by atoms with Gasteiger partial charge in [-0.25, -0.2) is 4.79 Å². The van der Waals surface area contributed by atoms with Crippen molar-refractivity contribution >= 4 is 5.97 Å². The Bertz CT molecular complexity index is 202. The Morgan fingerprint density at radius 3 is 2.82 bits per heavy atom. The second-order valence-electron chi connectivity index (χ2n) is 1.85. The summed E-state index contributed by atoms with van der Waals surface area (Å²) in [6.45, 7) is 0.319. The molecule has 0 rings (SSSR count). The van der Waals surface area contributed by atoms with Crippen LogP contribution in [0.4, 0.5) is 0 Å². The number of hydrogen-bond acceptors (Lipinski definition) is 3. The molecule has 0 aliphatic heterocycles. The third kappa shape index (κ3) is 4.12. The minimum Gasteiger partial charge on any atom is -0.478 e. The lowest BCUT2D eigenvalue weighted by atomic mass is 10.2. The van der Waals surface area contributed by atoms with E-state index in [2.05, 4.69) is 4.74 Å². The van der Waals surface area contributed by atoms with Gasteiger partial charge in [-0.05, 0) is 0 Å². The summed E-state index contributed by atoms with van der Waals surface area (Å²) in [6, 6.07) is 1.66. The van der Waals surface area contributed by atoms with E-state index in [4.69, 9.17) is 10.4 Å². The van der Waals surface area contributed by atoms with E-state index in [0.29, 0.717) is 6.61 Å². The Labute approximate surface area is 64.7 Å². The van der Waals surface area contributed by atoms with Gasteiger partial charge in [0.1, 0.15) is 0 Å². The van der Waals surface area contributed by atoms with Crippen LogP contribution >= 0.6 is 0 Å². The number of hydrogen-bond donors (Lipinski definition) is 1. The quantitative estimate of drug-likeness (QED) is 0.475. The van der Waals surface area contributed by atoms with Crippen LogP contribution in [0.5, 0.6) is 0 Å². The average molecular weight is 155 g/mol. The van der Waals surface area contributed by atoms with Crippen molar-refractivity contribution in [2.24, 2.45) is 0 Å². The molecule has 0 atom stereocenters. The summed E-state index contributed by atoms with van der Waals surface area (Å²) in [4.78, 5) is 10.3. The summed E-state index contributed by atoms with van der Waals surface area (Å²) in [5, 5.41) is 16.6. The van der Waals surface area contributed by atoms with E-state index in [9.17, 15) is 4.79 Å². The molecule has 0 amide bonds. The van der Waals surface area contributed by atoms with Gasteiger partial charge in [-0.15, -0.1) is 0 Å². The summed E-state index contributed by atoms with van der Waals surface area (Å²) < 4.78 is 4.66.